The van der Waals surface area contributed by atoms with Gasteiger partial charge in [-0.2, -0.15) is 12.6 Å². The molecule has 0 spiro atoms. The summed E-state index contributed by atoms with van der Waals surface area (Å²) in [6.45, 7) is 6.02. The van der Waals surface area contributed by atoms with Gasteiger partial charge in [-0.05, 0) is 20.8 Å². The third-order valence-electron chi connectivity index (χ3n) is 2.24. The van der Waals surface area contributed by atoms with Crippen molar-refractivity contribution >= 4 is 18.4 Å². The number of ketones is 1. The molecule has 1 nitrogen and oxygen atoms in total. The van der Waals surface area contributed by atoms with Crippen LogP contribution in [0.5, 0.6) is 0 Å². The molecule has 0 saturated heterocycles. The summed E-state index contributed by atoms with van der Waals surface area (Å²) in [6.07, 6.45) is 2.76. The monoisotopic (exact) mass is 170 g/mol. The Hall–Kier alpha value is -0.240. The van der Waals surface area contributed by atoms with Crippen molar-refractivity contribution in [1.29, 1.82) is 0 Å². The average molecular weight is 170 g/mol. The van der Waals surface area contributed by atoms with Crippen molar-refractivity contribution in [1.82, 2.24) is 0 Å². The van der Waals surface area contributed by atoms with Crippen LogP contribution < -0.4 is 0 Å². The molecule has 0 amide bonds. The van der Waals surface area contributed by atoms with E-state index in [4.69, 9.17) is 0 Å². The summed E-state index contributed by atoms with van der Waals surface area (Å²) in [5.41, 5.74) is 1.06. The smallest absolute Gasteiger partial charge is 0.144 e. The standard InChI is InChI=1S/C9H14OS/c1-6(7(2)11)4-9(3)5-8(9)10/h4,7,11H,5H2,1-3H3/b6-4-. The third kappa shape index (κ3) is 1.86. The topological polar surface area (TPSA) is 17.1 Å². The Kier molecular flexibility index (Phi) is 2.15. The molecule has 0 aromatic heterocycles. The second-order valence-corrected chi connectivity index (χ2v) is 4.36. The van der Waals surface area contributed by atoms with Gasteiger partial charge in [0.25, 0.3) is 0 Å². The van der Waals surface area contributed by atoms with Crippen molar-refractivity contribution < 1.29 is 4.79 Å². The lowest BCUT2D eigenvalue weighted by molar-refractivity contribution is -0.111. The number of allylic oxidation sites excluding steroid dienone is 1. The summed E-state index contributed by atoms with van der Waals surface area (Å²) in [7, 11) is 0. The zero-order valence-corrected chi connectivity index (χ0v) is 8.11. The predicted molar refractivity (Wildman–Crippen MR) is 49.9 cm³/mol. The van der Waals surface area contributed by atoms with Crippen LogP contribution in [0.15, 0.2) is 11.6 Å². The SMILES string of the molecule is C/C(=C/C1(C)CC1=O)C(C)S. The van der Waals surface area contributed by atoms with Gasteiger partial charge in [0.15, 0.2) is 0 Å². The summed E-state index contributed by atoms with van der Waals surface area (Å²) >= 11 is 4.28. The molecule has 2 unspecified atom stereocenters. The Morgan fingerprint density at radius 3 is 2.55 bits per heavy atom. The van der Waals surface area contributed by atoms with Crippen molar-refractivity contribution in [3.63, 3.8) is 0 Å². The molecular formula is C9H14OS. The zero-order valence-electron chi connectivity index (χ0n) is 7.22. The third-order valence-corrected chi connectivity index (χ3v) is 2.65. The summed E-state index contributed by atoms with van der Waals surface area (Å²) in [5, 5.41) is 0.264. The maximum atomic E-state index is 10.9. The molecule has 62 valence electrons. The molecule has 0 bridgehead atoms. The van der Waals surface area contributed by atoms with Gasteiger partial charge in [-0.3, -0.25) is 4.79 Å². The lowest BCUT2D eigenvalue weighted by Gasteiger charge is -2.06. The van der Waals surface area contributed by atoms with Crippen LogP contribution in [0, 0.1) is 5.41 Å². The normalized spacial score (nSPS) is 33.8. The minimum absolute atomic E-state index is 0.138. The lowest BCUT2D eigenvalue weighted by Crippen LogP contribution is -1.99. The molecule has 0 aromatic rings. The van der Waals surface area contributed by atoms with Crippen LogP contribution in [0.4, 0.5) is 0 Å². The quantitative estimate of drug-likeness (QED) is 0.497. The van der Waals surface area contributed by atoms with Crippen LogP contribution in [-0.2, 0) is 4.79 Å². The van der Waals surface area contributed by atoms with Crippen LogP contribution in [0.2, 0.25) is 0 Å². The molecule has 0 radical (unpaired) electrons. The first kappa shape index (κ1) is 8.85. The van der Waals surface area contributed by atoms with Gasteiger partial charge < -0.3 is 0 Å². The summed E-state index contributed by atoms with van der Waals surface area (Å²) in [5.74, 6) is 0.353. The minimum Gasteiger partial charge on any atom is -0.299 e. The van der Waals surface area contributed by atoms with Crippen LogP contribution in [-0.4, -0.2) is 11.0 Å². The van der Waals surface area contributed by atoms with E-state index in [1.807, 2.05) is 26.8 Å². The Bertz CT molecular complexity index is 218. The van der Waals surface area contributed by atoms with Gasteiger partial charge in [-0.1, -0.05) is 11.6 Å². The summed E-state index contributed by atoms with van der Waals surface area (Å²) in [4.78, 5) is 10.9. The molecule has 2 atom stereocenters. The molecule has 0 aromatic carbocycles. The number of carbonyl (C=O) groups is 1. The Morgan fingerprint density at radius 1 is 1.82 bits per heavy atom. The fourth-order valence-corrected chi connectivity index (χ4v) is 1.12. The van der Waals surface area contributed by atoms with E-state index in [0.717, 1.165) is 0 Å². The van der Waals surface area contributed by atoms with E-state index in [9.17, 15) is 4.79 Å². The van der Waals surface area contributed by atoms with Crippen LogP contribution >= 0.6 is 12.6 Å². The van der Waals surface area contributed by atoms with Crippen molar-refractivity contribution in [3.05, 3.63) is 11.6 Å². The molecule has 1 fully saturated rings. The number of hydrogen-bond donors (Lipinski definition) is 1. The second-order valence-electron chi connectivity index (χ2n) is 3.58. The number of rotatable bonds is 2. The molecule has 2 heteroatoms. The van der Waals surface area contributed by atoms with Crippen LogP contribution in [0.1, 0.15) is 27.2 Å². The molecule has 0 aliphatic heterocycles. The van der Waals surface area contributed by atoms with E-state index in [1.54, 1.807) is 0 Å². The summed E-state index contributed by atoms with van der Waals surface area (Å²) in [6, 6.07) is 0. The Balaban J connectivity index is 2.66. The molecular weight excluding hydrogens is 156 g/mol. The van der Waals surface area contributed by atoms with E-state index >= 15 is 0 Å². The number of thiol groups is 1. The highest BCUT2D eigenvalue weighted by atomic mass is 32.1. The average Bonchev–Trinajstić information content (AvgIpc) is 2.39. The van der Waals surface area contributed by atoms with E-state index in [0.29, 0.717) is 12.2 Å². The molecule has 1 aliphatic carbocycles. The minimum atomic E-state index is -0.138. The van der Waals surface area contributed by atoms with Gasteiger partial charge in [0.05, 0.1) is 5.41 Å². The van der Waals surface area contributed by atoms with E-state index < -0.39 is 0 Å². The van der Waals surface area contributed by atoms with Crippen molar-refractivity contribution in [2.75, 3.05) is 0 Å². The maximum Gasteiger partial charge on any atom is 0.144 e. The molecule has 1 rings (SSSR count). The van der Waals surface area contributed by atoms with Crippen molar-refractivity contribution in [3.8, 4) is 0 Å². The fraction of sp³-hybridized carbons (Fsp3) is 0.667. The molecule has 1 saturated carbocycles. The molecule has 1 aliphatic rings. The van der Waals surface area contributed by atoms with Gasteiger partial charge in [-0.15, -0.1) is 0 Å². The van der Waals surface area contributed by atoms with E-state index in [1.165, 1.54) is 5.57 Å². The maximum absolute atomic E-state index is 10.9. The van der Waals surface area contributed by atoms with Crippen LogP contribution in [0.25, 0.3) is 0 Å². The highest BCUT2D eigenvalue weighted by Crippen LogP contribution is 2.42. The number of carbonyl (C=O) groups excluding carboxylic acids is 1. The lowest BCUT2D eigenvalue weighted by atomic mass is 10.0. The summed E-state index contributed by atoms with van der Waals surface area (Å²) < 4.78 is 0. The van der Waals surface area contributed by atoms with Gasteiger partial charge >= 0.3 is 0 Å². The number of Topliss-reactive ketones (excluding diaryl/α,β-unsaturated/α-hetero) is 1. The Morgan fingerprint density at radius 2 is 2.27 bits per heavy atom. The van der Waals surface area contributed by atoms with Gasteiger partial charge in [0.2, 0.25) is 0 Å². The van der Waals surface area contributed by atoms with Crippen molar-refractivity contribution in [2.45, 2.75) is 32.4 Å². The number of hydrogen-bond acceptors (Lipinski definition) is 2. The van der Waals surface area contributed by atoms with E-state index in [2.05, 4.69) is 12.6 Å². The van der Waals surface area contributed by atoms with Crippen LogP contribution in [0.3, 0.4) is 0 Å². The van der Waals surface area contributed by atoms with Gasteiger partial charge in [-0.25, -0.2) is 0 Å². The molecule has 0 heterocycles. The highest BCUT2D eigenvalue weighted by molar-refractivity contribution is 7.81. The fourth-order valence-electron chi connectivity index (χ4n) is 1.04. The van der Waals surface area contributed by atoms with E-state index in [-0.39, 0.29) is 10.7 Å². The first-order valence-corrected chi connectivity index (χ1v) is 4.38. The first-order chi connectivity index (χ1) is 4.96. The second kappa shape index (κ2) is 2.67. The predicted octanol–water partition coefficient (Wildman–Crippen LogP) is 2.23. The zero-order chi connectivity index (χ0) is 8.65. The van der Waals surface area contributed by atoms with Crippen molar-refractivity contribution in [2.24, 2.45) is 5.41 Å². The molecule has 11 heavy (non-hydrogen) atoms. The molecule has 0 N–H and O–H groups in total. The van der Waals surface area contributed by atoms with Gasteiger partial charge in [0, 0.05) is 11.7 Å². The highest BCUT2D eigenvalue weighted by Gasteiger charge is 2.47. The largest absolute Gasteiger partial charge is 0.299 e. The van der Waals surface area contributed by atoms with Gasteiger partial charge in [0.1, 0.15) is 5.78 Å². The Labute approximate surface area is 73.3 Å². The first-order valence-electron chi connectivity index (χ1n) is 3.86.